The van der Waals surface area contributed by atoms with Crippen molar-refractivity contribution in [2.45, 2.75) is 38.5 Å². The molecule has 1 aromatic rings. The summed E-state index contributed by atoms with van der Waals surface area (Å²) >= 11 is 0. The largest absolute Gasteiger partial charge is 0.480 e. The summed E-state index contributed by atoms with van der Waals surface area (Å²) in [6, 6.07) is 4.14. The van der Waals surface area contributed by atoms with Gasteiger partial charge in [0.15, 0.2) is 0 Å². The summed E-state index contributed by atoms with van der Waals surface area (Å²) in [6.45, 7) is 3.68. The van der Waals surface area contributed by atoms with Crippen molar-refractivity contribution in [3.8, 4) is 0 Å². The SMILES string of the molecule is CNC(=O)CCc1cc(C)nc(C2CCN(CC(=O)O)CC2)c1. The van der Waals surface area contributed by atoms with E-state index in [2.05, 4.69) is 16.4 Å². The molecular weight excluding hydrogens is 294 g/mol. The minimum absolute atomic E-state index is 0.0444. The van der Waals surface area contributed by atoms with Crippen LogP contribution in [0.15, 0.2) is 12.1 Å². The van der Waals surface area contributed by atoms with Crippen LogP contribution >= 0.6 is 0 Å². The van der Waals surface area contributed by atoms with E-state index in [4.69, 9.17) is 5.11 Å². The number of aromatic nitrogens is 1. The summed E-state index contributed by atoms with van der Waals surface area (Å²) in [5.74, 6) is -0.352. The number of piperidine rings is 1. The molecule has 0 bridgehead atoms. The standard InChI is InChI=1S/C17H25N3O3/c1-12-9-13(3-4-16(21)18-2)10-15(19-12)14-5-7-20(8-6-14)11-17(22)23/h9-10,14H,3-8,11H2,1-2H3,(H,18,21)(H,22,23). The van der Waals surface area contributed by atoms with Gasteiger partial charge in [0.1, 0.15) is 0 Å². The van der Waals surface area contributed by atoms with Gasteiger partial charge in [0.05, 0.1) is 6.54 Å². The molecule has 6 heteroatoms. The molecule has 1 amide bonds. The van der Waals surface area contributed by atoms with E-state index in [1.165, 1.54) is 0 Å². The summed E-state index contributed by atoms with van der Waals surface area (Å²) in [5, 5.41) is 11.5. The number of likely N-dealkylation sites (tertiary alicyclic amines) is 1. The smallest absolute Gasteiger partial charge is 0.317 e. The van der Waals surface area contributed by atoms with Crippen molar-refractivity contribution in [3.63, 3.8) is 0 Å². The van der Waals surface area contributed by atoms with E-state index in [9.17, 15) is 9.59 Å². The van der Waals surface area contributed by atoms with Crippen LogP contribution < -0.4 is 5.32 Å². The number of pyridine rings is 1. The number of carboxylic acid groups (broad SMARTS) is 1. The Morgan fingerprint density at radius 2 is 2.04 bits per heavy atom. The van der Waals surface area contributed by atoms with Crippen LogP contribution in [-0.2, 0) is 16.0 Å². The molecule has 1 fully saturated rings. The van der Waals surface area contributed by atoms with Crippen molar-refractivity contribution in [1.29, 1.82) is 0 Å². The molecule has 0 radical (unpaired) electrons. The van der Waals surface area contributed by atoms with Gasteiger partial charge in [-0.15, -0.1) is 0 Å². The lowest BCUT2D eigenvalue weighted by molar-refractivity contribution is -0.138. The maximum absolute atomic E-state index is 11.4. The quantitative estimate of drug-likeness (QED) is 0.826. The Hall–Kier alpha value is -1.95. The Labute approximate surface area is 136 Å². The number of rotatable bonds is 6. The summed E-state index contributed by atoms with van der Waals surface area (Å²) < 4.78 is 0. The van der Waals surface area contributed by atoms with Gasteiger partial charge in [-0.3, -0.25) is 19.5 Å². The van der Waals surface area contributed by atoms with E-state index < -0.39 is 5.97 Å². The molecule has 2 N–H and O–H groups in total. The molecular formula is C17H25N3O3. The molecule has 23 heavy (non-hydrogen) atoms. The number of nitrogens with zero attached hydrogens (tertiary/aromatic N) is 2. The van der Waals surface area contributed by atoms with Crippen LogP contribution in [-0.4, -0.2) is 53.5 Å². The van der Waals surface area contributed by atoms with Crippen LogP contribution in [0.4, 0.5) is 0 Å². The molecule has 126 valence electrons. The Kier molecular flexibility index (Phi) is 6.10. The maximum Gasteiger partial charge on any atom is 0.317 e. The molecule has 0 unspecified atom stereocenters. The van der Waals surface area contributed by atoms with Gasteiger partial charge in [-0.2, -0.15) is 0 Å². The van der Waals surface area contributed by atoms with Gasteiger partial charge in [-0.05, 0) is 57.0 Å². The first-order chi connectivity index (χ1) is 11.0. The number of nitrogens with one attached hydrogen (secondary N) is 1. The van der Waals surface area contributed by atoms with Crippen LogP contribution in [0, 0.1) is 6.92 Å². The molecule has 0 saturated carbocycles. The topological polar surface area (TPSA) is 82.5 Å². The molecule has 6 nitrogen and oxygen atoms in total. The highest BCUT2D eigenvalue weighted by atomic mass is 16.4. The molecule has 1 aliphatic rings. The molecule has 0 aliphatic carbocycles. The van der Waals surface area contributed by atoms with Gasteiger partial charge in [0.25, 0.3) is 0 Å². The second-order valence-electron chi connectivity index (χ2n) is 6.16. The molecule has 0 aromatic carbocycles. The van der Waals surface area contributed by atoms with Crippen LogP contribution in [0.3, 0.4) is 0 Å². The lowest BCUT2D eigenvalue weighted by Gasteiger charge is -2.30. The molecule has 2 heterocycles. The highest BCUT2D eigenvalue weighted by Crippen LogP contribution is 2.27. The Morgan fingerprint density at radius 3 is 2.65 bits per heavy atom. The Balaban J connectivity index is 1.98. The molecule has 2 rings (SSSR count). The van der Waals surface area contributed by atoms with E-state index in [1.807, 2.05) is 17.9 Å². The van der Waals surface area contributed by atoms with Crippen molar-refractivity contribution in [3.05, 3.63) is 29.1 Å². The van der Waals surface area contributed by atoms with Crippen molar-refractivity contribution in [1.82, 2.24) is 15.2 Å². The highest BCUT2D eigenvalue weighted by Gasteiger charge is 2.23. The first-order valence-corrected chi connectivity index (χ1v) is 8.10. The van der Waals surface area contributed by atoms with Gasteiger partial charge in [0, 0.05) is 30.8 Å². The van der Waals surface area contributed by atoms with E-state index >= 15 is 0 Å². The van der Waals surface area contributed by atoms with Crippen molar-refractivity contribution in [2.75, 3.05) is 26.7 Å². The zero-order valence-corrected chi connectivity index (χ0v) is 13.8. The minimum Gasteiger partial charge on any atom is -0.480 e. The number of aliphatic carboxylic acids is 1. The van der Waals surface area contributed by atoms with Gasteiger partial charge in [0.2, 0.25) is 5.91 Å². The average molecular weight is 319 g/mol. The zero-order valence-electron chi connectivity index (χ0n) is 13.8. The summed E-state index contributed by atoms with van der Waals surface area (Å²) in [4.78, 5) is 28.8. The van der Waals surface area contributed by atoms with Crippen LogP contribution in [0.5, 0.6) is 0 Å². The highest BCUT2D eigenvalue weighted by molar-refractivity contribution is 5.75. The lowest BCUT2D eigenvalue weighted by atomic mass is 9.91. The van der Waals surface area contributed by atoms with Crippen molar-refractivity contribution < 1.29 is 14.7 Å². The fourth-order valence-electron chi connectivity index (χ4n) is 3.08. The van der Waals surface area contributed by atoms with E-state index in [-0.39, 0.29) is 12.5 Å². The number of hydrogen-bond donors (Lipinski definition) is 2. The number of aryl methyl sites for hydroxylation is 2. The zero-order chi connectivity index (χ0) is 16.8. The van der Waals surface area contributed by atoms with Gasteiger partial charge >= 0.3 is 5.97 Å². The van der Waals surface area contributed by atoms with Crippen LogP contribution in [0.1, 0.15) is 42.1 Å². The first kappa shape index (κ1) is 17.4. The fraction of sp³-hybridized carbons (Fsp3) is 0.588. The predicted octanol–water partition coefficient (Wildman–Crippen LogP) is 1.33. The average Bonchev–Trinajstić information content (AvgIpc) is 2.52. The van der Waals surface area contributed by atoms with Gasteiger partial charge < -0.3 is 10.4 Å². The van der Waals surface area contributed by atoms with Crippen molar-refractivity contribution >= 4 is 11.9 Å². The maximum atomic E-state index is 11.4. The number of carbonyl (C=O) groups excluding carboxylic acids is 1. The van der Waals surface area contributed by atoms with Crippen LogP contribution in [0.2, 0.25) is 0 Å². The number of hydrogen-bond acceptors (Lipinski definition) is 4. The van der Waals surface area contributed by atoms with E-state index in [0.29, 0.717) is 18.8 Å². The summed E-state index contributed by atoms with van der Waals surface area (Å²) in [6.07, 6.45) is 3.06. The third-order valence-electron chi connectivity index (χ3n) is 4.32. The number of carboxylic acids is 1. The Bertz CT molecular complexity index is 566. The minimum atomic E-state index is -0.770. The van der Waals surface area contributed by atoms with Crippen molar-refractivity contribution in [2.24, 2.45) is 0 Å². The first-order valence-electron chi connectivity index (χ1n) is 8.10. The lowest BCUT2D eigenvalue weighted by Crippen LogP contribution is -2.36. The monoisotopic (exact) mass is 319 g/mol. The second-order valence-corrected chi connectivity index (χ2v) is 6.16. The Morgan fingerprint density at radius 1 is 1.35 bits per heavy atom. The number of carbonyl (C=O) groups is 2. The fourth-order valence-corrected chi connectivity index (χ4v) is 3.08. The second kappa shape index (κ2) is 8.06. The third-order valence-corrected chi connectivity index (χ3v) is 4.32. The van der Waals surface area contributed by atoms with Gasteiger partial charge in [-0.25, -0.2) is 0 Å². The predicted molar refractivity (Wildman–Crippen MR) is 87.4 cm³/mol. The number of amides is 1. The van der Waals surface area contributed by atoms with Gasteiger partial charge in [-0.1, -0.05) is 0 Å². The third kappa shape index (κ3) is 5.32. The summed E-state index contributed by atoms with van der Waals surface area (Å²) in [7, 11) is 1.65. The van der Waals surface area contributed by atoms with E-state index in [0.717, 1.165) is 42.9 Å². The molecule has 1 aromatic heterocycles. The normalized spacial score (nSPS) is 16.3. The molecule has 0 spiro atoms. The molecule has 0 atom stereocenters. The summed E-state index contributed by atoms with van der Waals surface area (Å²) in [5.41, 5.74) is 3.19. The molecule has 1 saturated heterocycles. The van der Waals surface area contributed by atoms with Crippen LogP contribution in [0.25, 0.3) is 0 Å². The molecule has 1 aliphatic heterocycles. The van der Waals surface area contributed by atoms with E-state index in [1.54, 1.807) is 7.05 Å².